The van der Waals surface area contributed by atoms with Crippen LogP contribution < -0.4 is 5.73 Å². The number of nitrogens with one attached hydrogen (secondary N) is 1. The number of aromatic nitrogens is 2. The third-order valence-electron chi connectivity index (χ3n) is 4.36. The summed E-state index contributed by atoms with van der Waals surface area (Å²) in [4.78, 5) is 16.7. The number of hydrogen-bond acceptors (Lipinski definition) is 4. The van der Waals surface area contributed by atoms with Crippen molar-refractivity contribution in [2.24, 2.45) is 15.7 Å². The van der Waals surface area contributed by atoms with Crippen LogP contribution in [0, 0.1) is 0 Å². The predicted molar refractivity (Wildman–Crippen MR) is 122 cm³/mol. The van der Waals surface area contributed by atoms with Crippen molar-refractivity contribution in [3.63, 3.8) is 0 Å². The number of H-pyrrole nitrogens is 1. The molecule has 2 aromatic rings. The molecule has 0 atom stereocenters. The molecule has 0 unspecified atom stereocenters. The summed E-state index contributed by atoms with van der Waals surface area (Å²) in [6.07, 6.45) is 19.4. The van der Waals surface area contributed by atoms with Gasteiger partial charge in [-0.2, -0.15) is 0 Å². The van der Waals surface area contributed by atoms with E-state index in [0.717, 1.165) is 57.7 Å². The van der Waals surface area contributed by atoms with Gasteiger partial charge in [0.25, 0.3) is 0 Å². The Kier molecular flexibility index (Phi) is 6.16. The molecule has 5 nitrogen and oxygen atoms in total. The number of aromatic amines is 1. The van der Waals surface area contributed by atoms with E-state index in [2.05, 4.69) is 24.6 Å². The fourth-order valence-corrected chi connectivity index (χ4v) is 3.41. The van der Waals surface area contributed by atoms with Gasteiger partial charge in [-0.15, -0.1) is 0 Å². The van der Waals surface area contributed by atoms with Crippen molar-refractivity contribution in [2.45, 2.75) is 0 Å². The van der Waals surface area contributed by atoms with Gasteiger partial charge in [-0.3, -0.25) is 4.98 Å². The Morgan fingerprint density at radius 3 is 2.43 bits per heavy atom. The van der Waals surface area contributed by atoms with E-state index in [9.17, 15) is 0 Å². The number of nitrogens with two attached hydrogens (primary N) is 1. The van der Waals surface area contributed by atoms with E-state index in [1.165, 1.54) is 0 Å². The molecule has 0 amide bonds. The summed E-state index contributed by atoms with van der Waals surface area (Å²) in [6, 6.07) is 9.75. The molecule has 0 fully saturated rings. The van der Waals surface area contributed by atoms with E-state index >= 15 is 0 Å². The summed E-state index contributed by atoms with van der Waals surface area (Å²) >= 11 is 1.10. The molecule has 0 bridgehead atoms. The first-order valence-corrected chi connectivity index (χ1v) is 11.2. The van der Waals surface area contributed by atoms with Gasteiger partial charge in [0, 0.05) is 11.9 Å². The fourth-order valence-electron chi connectivity index (χ4n) is 2.94. The standard InChI is InChI=1S/C24H19N5.Zn/c1-17-5-7-21(27-17)15-22-11-12-24(29-22)16-23-10-9-20(28-23)14-18(25)6-8-19-4-2-3-13-26-19;/h1-16,28H,25H2;. The summed E-state index contributed by atoms with van der Waals surface area (Å²) in [7, 11) is 0. The van der Waals surface area contributed by atoms with Crippen LogP contribution in [0.2, 0.25) is 0 Å². The van der Waals surface area contributed by atoms with Crippen LogP contribution in [0.15, 0.2) is 100 Å². The molecule has 0 radical (unpaired) electrons. The van der Waals surface area contributed by atoms with Gasteiger partial charge >= 0.3 is 120 Å². The predicted octanol–water partition coefficient (Wildman–Crippen LogP) is 4.02. The number of pyridine rings is 1. The van der Waals surface area contributed by atoms with Gasteiger partial charge in [0.2, 0.25) is 0 Å². The molecule has 0 aromatic carbocycles. The number of hydrogen-bond donors (Lipinski definition) is 2. The molecule has 3 N–H and O–H groups in total. The molecule has 0 saturated heterocycles. The second-order valence-electron chi connectivity index (χ2n) is 6.68. The molecule has 6 heteroatoms. The Labute approximate surface area is 184 Å². The Hall–Kier alpha value is -3.50. The van der Waals surface area contributed by atoms with E-state index in [1.807, 2.05) is 85.0 Å². The first-order chi connectivity index (χ1) is 14.7. The normalized spacial score (nSPS) is 18.7. The number of aliphatic imine (C=N–C) groups is 2. The topological polar surface area (TPSA) is 79.4 Å². The summed E-state index contributed by atoms with van der Waals surface area (Å²) < 4.78 is 2.10. The van der Waals surface area contributed by atoms with Crippen LogP contribution in [0.25, 0.3) is 18.2 Å². The Balaban J connectivity index is 1.43. The average molecular weight is 443 g/mol. The van der Waals surface area contributed by atoms with Gasteiger partial charge in [0.1, 0.15) is 0 Å². The number of rotatable bonds is 6. The van der Waals surface area contributed by atoms with E-state index < -0.39 is 0 Å². The maximum atomic E-state index is 6.10. The second kappa shape index (κ2) is 9.33. The minimum atomic E-state index is 0.644. The molecule has 0 saturated carbocycles. The van der Waals surface area contributed by atoms with Gasteiger partial charge in [0.15, 0.2) is 0 Å². The fraction of sp³-hybridized carbons (Fsp3) is 0. The molecule has 4 heterocycles. The number of nitrogens with zero attached hydrogens (tertiary/aromatic N) is 3. The molecule has 30 heavy (non-hydrogen) atoms. The molecule has 0 spiro atoms. The van der Waals surface area contributed by atoms with Crippen molar-refractivity contribution in [3.05, 3.63) is 107 Å². The third kappa shape index (κ3) is 5.31. The van der Waals surface area contributed by atoms with Gasteiger partial charge in [-0.05, 0) is 30.4 Å². The van der Waals surface area contributed by atoms with Crippen LogP contribution in [-0.4, -0.2) is 26.0 Å². The molecule has 142 valence electrons. The zero-order valence-corrected chi connectivity index (χ0v) is 19.3. The molecule has 2 aromatic heterocycles. The summed E-state index contributed by atoms with van der Waals surface area (Å²) in [5.41, 5.74) is 13.2. The van der Waals surface area contributed by atoms with E-state index in [4.69, 9.17) is 5.73 Å². The van der Waals surface area contributed by atoms with Crippen LogP contribution in [0.1, 0.15) is 17.1 Å². The van der Waals surface area contributed by atoms with Crippen LogP contribution >= 0.6 is 0 Å². The summed E-state index contributed by atoms with van der Waals surface area (Å²) in [5.74, 6) is 0. The van der Waals surface area contributed by atoms with E-state index in [-0.39, 0.29) is 0 Å². The second-order valence-corrected chi connectivity index (χ2v) is 7.54. The van der Waals surface area contributed by atoms with Crippen LogP contribution in [0.5, 0.6) is 0 Å². The molecular formula is C24H19N5Zn. The van der Waals surface area contributed by atoms with Crippen molar-refractivity contribution in [1.29, 1.82) is 0 Å². The summed E-state index contributed by atoms with van der Waals surface area (Å²) in [5, 5.41) is 0. The first-order valence-electron chi connectivity index (χ1n) is 9.53. The van der Waals surface area contributed by atoms with Crippen molar-refractivity contribution in [1.82, 2.24) is 9.97 Å². The van der Waals surface area contributed by atoms with Gasteiger partial charge in [-0.25, -0.2) is 0 Å². The van der Waals surface area contributed by atoms with E-state index in [1.54, 1.807) is 6.20 Å². The van der Waals surface area contributed by atoms with Crippen molar-refractivity contribution < 1.29 is 17.9 Å². The monoisotopic (exact) mass is 441 g/mol. The molecule has 2 aliphatic heterocycles. The Bertz CT molecular complexity index is 1200. The van der Waals surface area contributed by atoms with Crippen molar-refractivity contribution in [2.75, 3.05) is 0 Å². The van der Waals surface area contributed by atoms with Crippen LogP contribution in [-0.2, 0) is 17.9 Å². The van der Waals surface area contributed by atoms with E-state index in [0.29, 0.717) is 5.70 Å². The van der Waals surface area contributed by atoms with Crippen LogP contribution in [0.3, 0.4) is 0 Å². The van der Waals surface area contributed by atoms with Crippen LogP contribution in [0.4, 0.5) is 0 Å². The maximum absolute atomic E-state index is 6.10. The summed E-state index contributed by atoms with van der Waals surface area (Å²) in [6.45, 7) is 0. The Morgan fingerprint density at radius 2 is 1.67 bits per heavy atom. The zero-order chi connectivity index (χ0) is 20.8. The van der Waals surface area contributed by atoms with Gasteiger partial charge in [-0.1, -0.05) is 6.07 Å². The SMILES string of the molecule is NC(C=Cc1ccccn1)=Cc1ccc(C=C2C=CC(C=C3C=CC([CH]=[Zn])=N3)=N2)[nH]1. The van der Waals surface area contributed by atoms with Gasteiger partial charge < -0.3 is 5.73 Å². The average Bonchev–Trinajstić information content (AvgIpc) is 3.50. The number of allylic oxidation sites excluding steroid dienone is 6. The minimum absolute atomic E-state index is 0.644. The molecule has 0 aliphatic carbocycles. The van der Waals surface area contributed by atoms with Crippen molar-refractivity contribution in [3.8, 4) is 0 Å². The van der Waals surface area contributed by atoms with Crippen molar-refractivity contribution >= 4 is 34.3 Å². The van der Waals surface area contributed by atoms with Gasteiger partial charge in [0.05, 0.1) is 5.69 Å². The molecule has 2 aliphatic rings. The Morgan fingerprint density at radius 1 is 0.900 bits per heavy atom. The zero-order valence-electron chi connectivity index (χ0n) is 16.4. The molecule has 4 rings (SSSR count). The quantitative estimate of drug-likeness (QED) is 0.523. The first kappa shape index (κ1) is 19.8. The third-order valence-corrected chi connectivity index (χ3v) is 5.24. The molecular weight excluding hydrogens is 424 g/mol.